The number of aromatic nitrogens is 4. The maximum atomic E-state index is 4.65. The average molecular weight is 422 g/mol. The van der Waals surface area contributed by atoms with E-state index in [-0.39, 0.29) is 0 Å². The van der Waals surface area contributed by atoms with Gasteiger partial charge in [0.05, 0.1) is 11.2 Å². The van der Waals surface area contributed by atoms with Crippen molar-refractivity contribution in [3.05, 3.63) is 90.2 Å². The molecule has 0 aliphatic heterocycles. The fourth-order valence-electron chi connectivity index (χ4n) is 3.17. The van der Waals surface area contributed by atoms with Gasteiger partial charge in [0.15, 0.2) is 5.84 Å². The van der Waals surface area contributed by atoms with E-state index < -0.39 is 0 Å². The van der Waals surface area contributed by atoms with E-state index in [4.69, 9.17) is 0 Å². The van der Waals surface area contributed by atoms with Gasteiger partial charge in [-0.3, -0.25) is 9.97 Å². The number of nitrogens with zero attached hydrogens (tertiary/aromatic N) is 6. The molecule has 0 atom stereocenters. The number of anilines is 1. The Balaban J connectivity index is 1.47. The Bertz CT molecular complexity index is 1320. The minimum atomic E-state index is 0.550. The summed E-state index contributed by atoms with van der Waals surface area (Å²) < 4.78 is 0. The molecule has 0 aliphatic carbocycles. The predicted molar refractivity (Wildman–Crippen MR) is 130 cm³/mol. The van der Waals surface area contributed by atoms with Gasteiger partial charge >= 0.3 is 0 Å². The summed E-state index contributed by atoms with van der Waals surface area (Å²) in [5.74, 6) is 1.11. The van der Waals surface area contributed by atoms with E-state index in [0.717, 1.165) is 39.0 Å². The van der Waals surface area contributed by atoms with Crippen LogP contribution in [0.2, 0.25) is 0 Å². The Morgan fingerprint density at radius 2 is 1.91 bits per heavy atom. The third kappa shape index (κ3) is 5.07. The molecule has 1 aromatic carbocycles. The topological polar surface area (TPSA) is 88.3 Å². The smallest absolute Gasteiger partial charge is 0.223 e. The summed E-state index contributed by atoms with van der Waals surface area (Å²) in [6.45, 7) is 8.09. The number of pyridine rings is 2. The Labute approximate surface area is 186 Å². The molecule has 1 N–H and O–H groups in total. The van der Waals surface area contributed by atoms with Gasteiger partial charge in [0.25, 0.3) is 0 Å². The molecule has 32 heavy (non-hydrogen) atoms. The molecule has 158 valence electrons. The Hall–Kier alpha value is -4.26. The van der Waals surface area contributed by atoms with Crippen LogP contribution in [0.25, 0.3) is 22.2 Å². The van der Waals surface area contributed by atoms with Gasteiger partial charge < -0.3 is 5.32 Å². The lowest BCUT2D eigenvalue weighted by Crippen LogP contribution is -2.07. The monoisotopic (exact) mass is 421 g/mol. The molecule has 3 aromatic heterocycles. The first-order valence-corrected chi connectivity index (χ1v) is 10.2. The summed E-state index contributed by atoms with van der Waals surface area (Å²) in [7, 11) is 0. The lowest BCUT2D eigenvalue weighted by Gasteiger charge is -2.07. The van der Waals surface area contributed by atoms with Crippen molar-refractivity contribution < 1.29 is 0 Å². The second kappa shape index (κ2) is 9.70. The summed E-state index contributed by atoms with van der Waals surface area (Å²) >= 11 is 0. The number of amidine groups is 1. The van der Waals surface area contributed by atoms with E-state index in [1.165, 1.54) is 0 Å². The molecule has 0 unspecified atom stereocenters. The van der Waals surface area contributed by atoms with Crippen LogP contribution in [0.15, 0.2) is 88.9 Å². The van der Waals surface area contributed by atoms with Gasteiger partial charge in [-0.2, -0.15) is 0 Å². The van der Waals surface area contributed by atoms with Crippen LogP contribution in [-0.4, -0.2) is 39.0 Å². The number of fused-ring (bicyclic) bond motifs is 1. The van der Waals surface area contributed by atoms with E-state index in [1.54, 1.807) is 24.8 Å². The van der Waals surface area contributed by atoms with Crippen LogP contribution in [0, 0.1) is 6.92 Å². The normalized spacial score (nSPS) is 12.1. The first-order valence-electron chi connectivity index (χ1n) is 10.2. The van der Waals surface area contributed by atoms with Gasteiger partial charge in [0.2, 0.25) is 5.95 Å². The van der Waals surface area contributed by atoms with Crippen molar-refractivity contribution in [2.45, 2.75) is 13.8 Å². The summed E-state index contributed by atoms with van der Waals surface area (Å²) in [6.07, 6.45) is 7.05. The number of nitrogens with one attached hydrogen (secondary N) is 1. The number of aryl methyl sites for hydroxylation is 1. The number of benzene rings is 1. The zero-order valence-electron chi connectivity index (χ0n) is 18.0. The van der Waals surface area contributed by atoms with Gasteiger partial charge in [-0.25, -0.2) is 20.0 Å². The van der Waals surface area contributed by atoms with Crippen LogP contribution < -0.4 is 5.32 Å². The van der Waals surface area contributed by atoms with E-state index in [9.17, 15) is 0 Å². The summed E-state index contributed by atoms with van der Waals surface area (Å²) in [6, 6.07) is 15.8. The van der Waals surface area contributed by atoms with Crippen molar-refractivity contribution in [3.8, 4) is 11.3 Å². The number of hydrogen-bond donors (Lipinski definition) is 1. The van der Waals surface area contributed by atoms with Gasteiger partial charge in [-0.15, -0.1) is 0 Å². The summed E-state index contributed by atoms with van der Waals surface area (Å²) in [4.78, 5) is 26.1. The lowest BCUT2D eigenvalue weighted by atomic mass is 10.1. The SMILES string of the molecule is C=N/C(=N\C=C(/C)CNc1nccc(-c2ccc3ncccc3c2)n1)c1ccnc(C)c1. The van der Waals surface area contributed by atoms with Crippen LogP contribution in [-0.2, 0) is 0 Å². The fraction of sp³-hybridized carbons (Fsp3) is 0.120. The highest BCUT2D eigenvalue weighted by Gasteiger charge is 2.05. The quantitative estimate of drug-likeness (QED) is 0.355. The Kier molecular flexibility index (Phi) is 6.36. The molecule has 0 fully saturated rings. The molecule has 0 radical (unpaired) electrons. The van der Waals surface area contributed by atoms with Crippen molar-refractivity contribution in [2.24, 2.45) is 9.98 Å². The second-order valence-corrected chi connectivity index (χ2v) is 7.30. The highest BCUT2D eigenvalue weighted by molar-refractivity contribution is 6.01. The fourth-order valence-corrected chi connectivity index (χ4v) is 3.17. The third-order valence-electron chi connectivity index (χ3n) is 4.79. The van der Waals surface area contributed by atoms with E-state index in [0.29, 0.717) is 18.3 Å². The first kappa shape index (κ1) is 21.0. The van der Waals surface area contributed by atoms with Crippen molar-refractivity contribution in [1.82, 2.24) is 19.9 Å². The number of aliphatic imine (C=N–C) groups is 2. The largest absolute Gasteiger partial charge is 0.350 e. The van der Waals surface area contributed by atoms with Gasteiger partial charge in [-0.1, -0.05) is 12.1 Å². The molecule has 0 bridgehead atoms. The maximum Gasteiger partial charge on any atom is 0.223 e. The minimum Gasteiger partial charge on any atom is -0.350 e. The molecular weight excluding hydrogens is 398 g/mol. The van der Waals surface area contributed by atoms with Crippen LogP contribution >= 0.6 is 0 Å². The molecule has 0 amide bonds. The molecule has 0 saturated carbocycles. The molecule has 7 nitrogen and oxygen atoms in total. The molecule has 0 aliphatic rings. The van der Waals surface area contributed by atoms with Crippen molar-refractivity contribution in [1.29, 1.82) is 0 Å². The molecule has 4 rings (SSSR count). The van der Waals surface area contributed by atoms with Crippen LogP contribution in [0.4, 0.5) is 5.95 Å². The lowest BCUT2D eigenvalue weighted by molar-refractivity contribution is 1.09. The highest BCUT2D eigenvalue weighted by atomic mass is 15.1. The standard InChI is InChI=1S/C25H23N7/c1-17(15-30-24(26-3)21-8-11-27-18(2)13-21)16-31-25-29-12-9-23(32-25)20-6-7-22-19(14-20)5-4-10-28-22/h4-15H,3,16H2,1-2H3,(H,29,31,32)/b17-15+,30-24-. The average Bonchev–Trinajstić information content (AvgIpc) is 2.83. The third-order valence-corrected chi connectivity index (χ3v) is 4.79. The molecule has 4 aromatic rings. The molecule has 3 heterocycles. The zero-order valence-corrected chi connectivity index (χ0v) is 18.0. The number of rotatable bonds is 6. The van der Waals surface area contributed by atoms with Gasteiger partial charge in [-0.05, 0) is 62.5 Å². The summed E-state index contributed by atoms with van der Waals surface area (Å²) in [5.41, 5.74) is 5.61. The molecular formula is C25H23N7. The molecule has 7 heteroatoms. The van der Waals surface area contributed by atoms with Crippen LogP contribution in [0.5, 0.6) is 0 Å². The Morgan fingerprint density at radius 1 is 1.03 bits per heavy atom. The second-order valence-electron chi connectivity index (χ2n) is 7.30. The molecule has 0 spiro atoms. The Morgan fingerprint density at radius 3 is 2.75 bits per heavy atom. The van der Waals surface area contributed by atoms with Crippen LogP contribution in [0.3, 0.4) is 0 Å². The van der Waals surface area contributed by atoms with Crippen molar-refractivity contribution in [2.75, 3.05) is 11.9 Å². The maximum absolute atomic E-state index is 4.65. The molecule has 0 saturated heterocycles. The summed E-state index contributed by atoms with van der Waals surface area (Å²) in [5, 5.41) is 4.33. The van der Waals surface area contributed by atoms with E-state index >= 15 is 0 Å². The van der Waals surface area contributed by atoms with E-state index in [1.807, 2.05) is 56.3 Å². The van der Waals surface area contributed by atoms with E-state index in [2.05, 4.69) is 48.0 Å². The first-order chi connectivity index (χ1) is 15.6. The van der Waals surface area contributed by atoms with Gasteiger partial charge in [0.1, 0.15) is 0 Å². The van der Waals surface area contributed by atoms with Crippen molar-refractivity contribution in [3.63, 3.8) is 0 Å². The van der Waals surface area contributed by atoms with Crippen LogP contribution in [0.1, 0.15) is 18.2 Å². The minimum absolute atomic E-state index is 0.550. The highest BCUT2D eigenvalue weighted by Crippen LogP contribution is 2.22. The van der Waals surface area contributed by atoms with Gasteiger partial charge in [0, 0.05) is 53.5 Å². The predicted octanol–water partition coefficient (Wildman–Crippen LogP) is 4.86. The number of hydrogen-bond acceptors (Lipinski definition) is 6. The zero-order chi connectivity index (χ0) is 22.3. The van der Waals surface area contributed by atoms with Crippen molar-refractivity contribution >= 4 is 29.4 Å².